The Balaban J connectivity index is 1.45. The van der Waals surface area contributed by atoms with Crippen molar-refractivity contribution in [3.63, 3.8) is 0 Å². The number of non-ortho nitro benzene ring substituents is 1. The maximum Gasteiger partial charge on any atom is 0.346 e. The van der Waals surface area contributed by atoms with Crippen molar-refractivity contribution >= 4 is 34.2 Å². The predicted octanol–water partition coefficient (Wildman–Crippen LogP) is 3.03. The fourth-order valence-electron chi connectivity index (χ4n) is 4.42. The summed E-state index contributed by atoms with van der Waals surface area (Å²) in [7, 11) is 0. The first-order valence-electron chi connectivity index (χ1n) is 11.2. The van der Waals surface area contributed by atoms with Crippen molar-refractivity contribution < 1.29 is 33.2 Å². The number of hydrogen-bond acceptors (Lipinski definition) is 8. The number of hydrogen-bond donors (Lipinski definition) is 0. The Bertz CT molecular complexity index is 1400. The summed E-state index contributed by atoms with van der Waals surface area (Å²) >= 11 is 0. The number of carbonyl (C=O) groups is 3. The molecule has 0 saturated carbocycles. The van der Waals surface area contributed by atoms with Gasteiger partial charge in [0.05, 0.1) is 18.1 Å². The predicted molar refractivity (Wildman–Crippen MR) is 125 cm³/mol. The van der Waals surface area contributed by atoms with E-state index in [-0.39, 0.29) is 23.4 Å². The third-order valence-electron chi connectivity index (χ3n) is 6.28. The molecule has 0 aromatic heterocycles. The lowest BCUT2D eigenvalue weighted by Crippen LogP contribution is -2.46. The van der Waals surface area contributed by atoms with Crippen molar-refractivity contribution in [1.82, 2.24) is 9.80 Å². The van der Waals surface area contributed by atoms with Crippen LogP contribution in [0.15, 0.2) is 48.5 Å². The molecule has 0 radical (unpaired) electrons. The van der Waals surface area contributed by atoms with Gasteiger partial charge >= 0.3 is 5.97 Å². The molecule has 1 saturated heterocycles. The number of carbonyl (C=O) groups excluding carboxylic acids is 3. The maximum atomic E-state index is 14.2. The number of halogens is 1. The molecule has 1 fully saturated rings. The molecule has 36 heavy (non-hydrogen) atoms. The highest BCUT2D eigenvalue weighted by atomic mass is 19.1. The Morgan fingerprint density at radius 1 is 1.03 bits per heavy atom. The lowest BCUT2D eigenvalue weighted by Gasteiger charge is -2.31. The van der Waals surface area contributed by atoms with Gasteiger partial charge in [0, 0.05) is 60.2 Å². The molecule has 10 nitrogen and oxygen atoms in total. The third kappa shape index (κ3) is 4.18. The molecule has 2 aliphatic rings. The van der Waals surface area contributed by atoms with E-state index in [0.717, 1.165) is 31.3 Å². The summed E-state index contributed by atoms with van der Waals surface area (Å²) in [5.74, 6) is -3.04. The van der Waals surface area contributed by atoms with Gasteiger partial charge in [0.15, 0.2) is 0 Å². The Morgan fingerprint density at radius 2 is 1.75 bits per heavy atom. The van der Waals surface area contributed by atoms with E-state index in [0.29, 0.717) is 30.5 Å². The van der Waals surface area contributed by atoms with E-state index in [1.807, 2.05) is 0 Å². The number of nitrogens with zero attached hydrogens (tertiary/aromatic N) is 3. The van der Waals surface area contributed by atoms with Crippen LogP contribution in [0.5, 0.6) is 5.75 Å². The van der Waals surface area contributed by atoms with Crippen LogP contribution in [0.25, 0.3) is 10.8 Å². The van der Waals surface area contributed by atoms with E-state index >= 15 is 0 Å². The van der Waals surface area contributed by atoms with E-state index in [1.54, 1.807) is 18.2 Å². The normalized spacial score (nSPS) is 15.9. The summed E-state index contributed by atoms with van der Waals surface area (Å²) in [6.45, 7) is 3.40. The van der Waals surface area contributed by atoms with Crippen LogP contribution in [0, 0.1) is 15.9 Å². The number of nitro benzene ring substituents is 1. The number of ether oxygens (including phenoxy) is 2. The van der Waals surface area contributed by atoms with Crippen molar-refractivity contribution in [3.8, 4) is 5.75 Å². The molecular weight excluding hydrogens is 473 g/mol. The molecule has 0 unspecified atom stereocenters. The zero-order valence-electron chi connectivity index (χ0n) is 18.9. The lowest BCUT2D eigenvalue weighted by molar-refractivity contribution is -0.384. The SMILES string of the molecule is O=C(Oc1ccc2c3c(cccc13)C(=O)N(CCN1CCOCC1)C2=O)c1cc([N+](=O)[O-])ccc1F. The number of amides is 2. The topological polar surface area (TPSA) is 119 Å². The van der Waals surface area contributed by atoms with Gasteiger partial charge in [-0.15, -0.1) is 0 Å². The Kier molecular flexibility index (Phi) is 6.17. The first kappa shape index (κ1) is 23.5. The van der Waals surface area contributed by atoms with Gasteiger partial charge in [0.1, 0.15) is 17.1 Å². The van der Waals surface area contributed by atoms with E-state index in [9.17, 15) is 28.9 Å². The highest BCUT2D eigenvalue weighted by Gasteiger charge is 2.34. The molecule has 11 heteroatoms. The molecule has 3 aromatic rings. The van der Waals surface area contributed by atoms with Crippen molar-refractivity contribution in [2.24, 2.45) is 0 Å². The maximum absolute atomic E-state index is 14.2. The molecule has 0 atom stereocenters. The van der Waals surface area contributed by atoms with Crippen LogP contribution >= 0.6 is 0 Å². The van der Waals surface area contributed by atoms with Gasteiger partial charge in [-0.1, -0.05) is 12.1 Å². The molecule has 5 rings (SSSR count). The van der Waals surface area contributed by atoms with Crippen molar-refractivity contribution in [2.45, 2.75) is 0 Å². The molecule has 0 bridgehead atoms. The molecule has 0 N–H and O–H groups in total. The standard InChI is InChI=1S/C25H20FN3O7/c26-20-6-4-15(29(33)34)14-19(20)25(32)36-21-7-5-18-22-16(21)2-1-3-17(22)23(30)28(24(18)31)9-8-27-10-12-35-13-11-27/h1-7,14H,8-13H2. The molecule has 184 valence electrons. The summed E-state index contributed by atoms with van der Waals surface area (Å²) in [5.41, 5.74) is -0.508. The minimum atomic E-state index is -1.14. The average Bonchev–Trinajstić information content (AvgIpc) is 2.88. The van der Waals surface area contributed by atoms with E-state index in [2.05, 4.69) is 4.90 Å². The summed E-state index contributed by atoms with van der Waals surface area (Å²) in [5, 5.41) is 11.7. The molecule has 3 aromatic carbocycles. The number of nitro groups is 1. The molecular formula is C25H20FN3O7. The quantitative estimate of drug-likeness (QED) is 0.169. The van der Waals surface area contributed by atoms with Crippen molar-refractivity contribution in [3.05, 3.63) is 81.2 Å². The minimum Gasteiger partial charge on any atom is -0.422 e. The Morgan fingerprint density at radius 3 is 2.47 bits per heavy atom. The van der Waals surface area contributed by atoms with Gasteiger partial charge in [-0.25, -0.2) is 9.18 Å². The van der Waals surface area contributed by atoms with Gasteiger partial charge in [-0.2, -0.15) is 0 Å². The van der Waals surface area contributed by atoms with Crippen molar-refractivity contribution in [2.75, 3.05) is 39.4 Å². The second kappa shape index (κ2) is 9.44. The first-order chi connectivity index (χ1) is 17.3. The monoisotopic (exact) mass is 493 g/mol. The fraction of sp³-hybridized carbons (Fsp3) is 0.240. The number of rotatable bonds is 6. The minimum absolute atomic E-state index is 0.00567. The highest BCUT2D eigenvalue weighted by molar-refractivity contribution is 6.26. The summed E-state index contributed by atoms with van der Waals surface area (Å²) < 4.78 is 24.9. The summed E-state index contributed by atoms with van der Waals surface area (Å²) in [6, 6.07) is 10.2. The second-order valence-electron chi connectivity index (χ2n) is 8.37. The number of imide groups is 1. The van der Waals surface area contributed by atoms with E-state index in [1.165, 1.54) is 17.0 Å². The van der Waals surface area contributed by atoms with Gasteiger partial charge in [-0.05, 0) is 24.3 Å². The molecule has 2 amide bonds. The number of esters is 1. The van der Waals surface area contributed by atoms with Crippen LogP contribution in [-0.2, 0) is 4.74 Å². The van der Waals surface area contributed by atoms with Crippen LogP contribution in [0.2, 0.25) is 0 Å². The highest BCUT2D eigenvalue weighted by Crippen LogP contribution is 2.36. The summed E-state index contributed by atoms with van der Waals surface area (Å²) in [6.07, 6.45) is 0. The van der Waals surface area contributed by atoms with Crippen molar-refractivity contribution in [1.29, 1.82) is 0 Å². The van der Waals surface area contributed by atoms with Gasteiger partial charge < -0.3 is 9.47 Å². The lowest BCUT2D eigenvalue weighted by atomic mass is 9.93. The van der Waals surface area contributed by atoms with Gasteiger partial charge in [0.2, 0.25) is 0 Å². The zero-order valence-corrected chi connectivity index (χ0v) is 18.9. The second-order valence-corrected chi connectivity index (χ2v) is 8.37. The van der Waals surface area contributed by atoms with Crippen LogP contribution in [0.3, 0.4) is 0 Å². The molecule has 2 heterocycles. The fourth-order valence-corrected chi connectivity index (χ4v) is 4.42. The molecule has 2 aliphatic heterocycles. The van der Waals surface area contributed by atoms with Crippen LogP contribution in [-0.4, -0.2) is 71.9 Å². The number of morpholine rings is 1. The summed E-state index contributed by atoms with van der Waals surface area (Å²) in [4.78, 5) is 52.7. The van der Waals surface area contributed by atoms with Gasteiger partial charge in [-0.3, -0.25) is 29.5 Å². The average molecular weight is 493 g/mol. The number of benzene rings is 3. The molecule has 0 aliphatic carbocycles. The smallest absolute Gasteiger partial charge is 0.346 e. The van der Waals surface area contributed by atoms with E-state index in [4.69, 9.17) is 9.47 Å². The van der Waals surface area contributed by atoms with E-state index < -0.39 is 39.8 Å². The zero-order chi connectivity index (χ0) is 25.4. The Hall–Kier alpha value is -4.22. The van der Waals surface area contributed by atoms with Crippen LogP contribution < -0.4 is 4.74 Å². The Labute approximate surface area is 203 Å². The third-order valence-corrected chi connectivity index (χ3v) is 6.28. The largest absolute Gasteiger partial charge is 0.422 e. The van der Waals surface area contributed by atoms with Crippen LogP contribution in [0.4, 0.5) is 10.1 Å². The first-order valence-corrected chi connectivity index (χ1v) is 11.2. The van der Waals surface area contributed by atoms with Crippen LogP contribution in [0.1, 0.15) is 31.1 Å². The molecule has 0 spiro atoms. The van der Waals surface area contributed by atoms with Gasteiger partial charge in [0.25, 0.3) is 17.5 Å².